The molecular weight excluding hydrogens is 242 g/mol. The van der Waals surface area contributed by atoms with Crippen LogP contribution in [0.5, 0.6) is 0 Å². The maximum Gasteiger partial charge on any atom is 0.0574 e. The number of hydrogen-bond donors (Lipinski definition) is 1. The van der Waals surface area contributed by atoms with E-state index in [4.69, 9.17) is 11.6 Å². The molecule has 1 N–H and O–H groups in total. The van der Waals surface area contributed by atoms with Crippen LogP contribution in [-0.4, -0.2) is 7.05 Å². The SMILES string of the molecule is CCc1ccc(C(NC)c2cccc(Cl)c2)cc1. The topological polar surface area (TPSA) is 12.0 Å². The smallest absolute Gasteiger partial charge is 0.0574 e. The van der Waals surface area contributed by atoms with Gasteiger partial charge in [-0.25, -0.2) is 0 Å². The molecular formula is C16H18ClN. The molecule has 18 heavy (non-hydrogen) atoms. The second-order valence-corrected chi connectivity index (χ2v) is 4.81. The third-order valence-corrected chi connectivity index (χ3v) is 3.43. The average Bonchev–Trinajstić information content (AvgIpc) is 2.40. The van der Waals surface area contributed by atoms with Gasteiger partial charge in [-0.1, -0.05) is 54.9 Å². The van der Waals surface area contributed by atoms with Crippen LogP contribution in [0.3, 0.4) is 0 Å². The molecule has 0 aromatic heterocycles. The Labute approximate surface area is 114 Å². The first-order chi connectivity index (χ1) is 8.74. The molecule has 94 valence electrons. The van der Waals surface area contributed by atoms with Crippen molar-refractivity contribution in [1.82, 2.24) is 5.32 Å². The molecule has 0 aliphatic carbocycles. The van der Waals surface area contributed by atoms with Crippen LogP contribution in [0.1, 0.15) is 29.7 Å². The van der Waals surface area contributed by atoms with Gasteiger partial charge in [-0.3, -0.25) is 0 Å². The number of halogens is 1. The molecule has 2 aromatic rings. The summed E-state index contributed by atoms with van der Waals surface area (Å²) in [5.41, 5.74) is 3.81. The number of benzene rings is 2. The fourth-order valence-corrected chi connectivity index (χ4v) is 2.36. The summed E-state index contributed by atoms with van der Waals surface area (Å²) in [6.07, 6.45) is 1.07. The monoisotopic (exact) mass is 259 g/mol. The van der Waals surface area contributed by atoms with Crippen LogP contribution in [0.15, 0.2) is 48.5 Å². The first-order valence-corrected chi connectivity index (χ1v) is 6.64. The van der Waals surface area contributed by atoms with Crippen molar-refractivity contribution in [3.63, 3.8) is 0 Å². The van der Waals surface area contributed by atoms with Gasteiger partial charge in [0.25, 0.3) is 0 Å². The molecule has 1 nitrogen and oxygen atoms in total. The normalized spacial score (nSPS) is 12.4. The Morgan fingerprint density at radius 1 is 1.06 bits per heavy atom. The molecule has 2 heteroatoms. The molecule has 1 unspecified atom stereocenters. The van der Waals surface area contributed by atoms with Gasteiger partial charge in [-0.15, -0.1) is 0 Å². The van der Waals surface area contributed by atoms with Gasteiger partial charge in [-0.05, 0) is 42.3 Å². The van der Waals surface area contributed by atoms with Gasteiger partial charge in [-0.2, -0.15) is 0 Å². The van der Waals surface area contributed by atoms with Crippen LogP contribution >= 0.6 is 11.6 Å². The molecule has 0 amide bonds. The molecule has 0 radical (unpaired) electrons. The molecule has 0 aliphatic rings. The van der Waals surface area contributed by atoms with E-state index >= 15 is 0 Å². The fraction of sp³-hybridized carbons (Fsp3) is 0.250. The van der Waals surface area contributed by atoms with E-state index in [1.807, 2.05) is 25.2 Å². The van der Waals surface area contributed by atoms with E-state index in [-0.39, 0.29) is 6.04 Å². The predicted octanol–water partition coefficient (Wildman–Crippen LogP) is 4.21. The number of aryl methyl sites for hydroxylation is 1. The molecule has 2 aromatic carbocycles. The highest BCUT2D eigenvalue weighted by atomic mass is 35.5. The minimum absolute atomic E-state index is 0.189. The lowest BCUT2D eigenvalue weighted by molar-refractivity contribution is 0.691. The quantitative estimate of drug-likeness (QED) is 0.867. The van der Waals surface area contributed by atoms with Crippen molar-refractivity contribution < 1.29 is 0 Å². The van der Waals surface area contributed by atoms with Crippen molar-refractivity contribution in [2.45, 2.75) is 19.4 Å². The first-order valence-electron chi connectivity index (χ1n) is 6.26. The average molecular weight is 260 g/mol. The van der Waals surface area contributed by atoms with E-state index < -0.39 is 0 Å². The standard InChI is InChI=1S/C16H18ClN/c1-3-12-7-9-13(10-8-12)16(18-2)14-5-4-6-15(17)11-14/h4-11,16,18H,3H2,1-2H3. The Morgan fingerprint density at radius 2 is 1.78 bits per heavy atom. The van der Waals surface area contributed by atoms with Crippen molar-refractivity contribution in [3.05, 3.63) is 70.2 Å². The van der Waals surface area contributed by atoms with Crippen molar-refractivity contribution >= 4 is 11.6 Å². The summed E-state index contributed by atoms with van der Waals surface area (Å²) in [4.78, 5) is 0. The molecule has 0 bridgehead atoms. The Kier molecular flexibility index (Phi) is 4.40. The number of hydrogen-bond acceptors (Lipinski definition) is 1. The van der Waals surface area contributed by atoms with Crippen LogP contribution in [0, 0.1) is 0 Å². The lowest BCUT2D eigenvalue weighted by atomic mass is 9.97. The maximum atomic E-state index is 6.05. The summed E-state index contributed by atoms with van der Waals surface area (Å²) in [5.74, 6) is 0. The zero-order chi connectivity index (χ0) is 13.0. The molecule has 0 saturated heterocycles. The number of rotatable bonds is 4. The molecule has 0 spiro atoms. The summed E-state index contributed by atoms with van der Waals surface area (Å²) in [7, 11) is 1.97. The third-order valence-electron chi connectivity index (χ3n) is 3.19. The van der Waals surface area contributed by atoms with E-state index in [0.29, 0.717) is 0 Å². The summed E-state index contributed by atoms with van der Waals surface area (Å²) >= 11 is 6.05. The Hall–Kier alpha value is -1.31. The summed E-state index contributed by atoms with van der Waals surface area (Å²) in [6, 6.07) is 16.9. The minimum atomic E-state index is 0.189. The first kappa shape index (κ1) is 13.1. The predicted molar refractivity (Wildman–Crippen MR) is 78.2 cm³/mol. The molecule has 0 aliphatic heterocycles. The second kappa shape index (κ2) is 6.03. The highest BCUT2D eigenvalue weighted by Gasteiger charge is 2.11. The van der Waals surface area contributed by atoms with Crippen LogP contribution in [0.2, 0.25) is 5.02 Å². The fourth-order valence-electron chi connectivity index (χ4n) is 2.16. The van der Waals surface area contributed by atoms with Crippen molar-refractivity contribution in [2.24, 2.45) is 0 Å². The molecule has 1 atom stereocenters. The summed E-state index contributed by atoms with van der Waals surface area (Å²) < 4.78 is 0. The second-order valence-electron chi connectivity index (χ2n) is 4.37. The van der Waals surface area contributed by atoms with E-state index in [9.17, 15) is 0 Å². The van der Waals surface area contributed by atoms with Crippen LogP contribution in [-0.2, 0) is 6.42 Å². The van der Waals surface area contributed by atoms with E-state index in [0.717, 1.165) is 11.4 Å². The lowest BCUT2D eigenvalue weighted by Crippen LogP contribution is -2.17. The highest BCUT2D eigenvalue weighted by Crippen LogP contribution is 2.24. The van der Waals surface area contributed by atoms with Gasteiger partial charge >= 0.3 is 0 Å². The van der Waals surface area contributed by atoms with E-state index in [1.165, 1.54) is 16.7 Å². The largest absolute Gasteiger partial charge is 0.309 e. The molecule has 0 heterocycles. The zero-order valence-electron chi connectivity index (χ0n) is 10.8. The zero-order valence-corrected chi connectivity index (χ0v) is 11.5. The lowest BCUT2D eigenvalue weighted by Gasteiger charge is -2.17. The molecule has 0 fully saturated rings. The van der Waals surface area contributed by atoms with Crippen molar-refractivity contribution in [2.75, 3.05) is 7.05 Å². The Bertz CT molecular complexity index is 505. The van der Waals surface area contributed by atoms with E-state index in [1.54, 1.807) is 0 Å². The van der Waals surface area contributed by atoms with Gasteiger partial charge in [0.15, 0.2) is 0 Å². The molecule has 2 rings (SSSR count). The Morgan fingerprint density at radius 3 is 2.33 bits per heavy atom. The third kappa shape index (κ3) is 2.92. The van der Waals surface area contributed by atoms with Gasteiger partial charge < -0.3 is 5.32 Å². The van der Waals surface area contributed by atoms with Crippen molar-refractivity contribution in [3.8, 4) is 0 Å². The van der Waals surface area contributed by atoms with Crippen LogP contribution < -0.4 is 5.32 Å². The van der Waals surface area contributed by atoms with Gasteiger partial charge in [0.1, 0.15) is 0 Å². The Balaban J connectivity index is 2.32. The number of nitrogens with one attached hydrogen (secondary N) is 1. The van der Waals surface area contributed by atoms with Gasteiger partial charge in [0, 0.05) is 5.02 Å². The van der Waals surface area contributed by atoms with Crippen LogP contribution in [0.4, 0.5) is 0 Å². The summed E-state index contributed by atoms with van der Waals surface area (Å²) in [6.45, 7) is 2.17. The summed E-state index contributed by atoms with van der Waals surface area (Å²) in [5, 5.41) is 4.12. The maximum absolute atomic E-state index is 6.05. The highest BCUT2D eigenvalue weighted by molar-refractivity contribution is 6.30. The molecule has 0 saturated carbocycles. The minimum Gasteiger partial charge on any atom is -0.309 e. The van der Waals surface area contributed by atoms with Gasteiger partial charge in [0.2, 0.25) is 0 Å². The van der Waals surface area contributed by atoms with Crippen molar-refractivity contribution in [1.29, 1.82) is 0 Å². The van der Waals surface area contributed by atoms with Crippen LogP contribution in [0.25, 0.3) is 0 Å². The van der Waals surface area contributed by atoms with E-state index in [2.05, 4.69) is 42.6 Å². The van der Waals surface area contributed by atoms with Gasteiger partial charge in [0.05, 0.1) is 6.04 Å².